The van der Waals surface area contributed by atoms with Gasteiger partial charge in [0.25, 0.3) is 5.91 Å². The number of nitrogens with zero attached hydrogens (tertiary/aromatic N) is 1. The van der Waals surface area contributed by atoms with Gasteiger partial charge in [-0.3, -0.25) is 4.79 Å². The van der Waals surface area contributed by atoms with Gasteiger partial charge in [0.15, 0.2) is 11.5 Å². The van der Waals surface area contributed by atoms with Crippen LogP contribution >= 0.6 is 31.9 Å². The molecule has 1 rings (SSSR count). The number of carbonyl (C=O) groups excluding carboxylic acids is 1. The molecule has 0 saturated heterocycles. The number of amides is 1. The molecule has 0 aliphatic heterocycles. The second-order valence-electron chi connectivity index (χ2n) is 4.44. The molecular formula is C14H14Br2N2O3. The van der Waals surface area contributed by atoms with E-state index in [1.165, 1.54) is 19.3 Å². The smallest absolute Gasteiger partial charge is 0.262 e. The van der Waals surface area contributed by atoms with E-state index in [1.807, 2.05) is 19.9 Å². The van der Waals surface area contributed by atoms with Gasteiger partial charge in [-0.15, -0.1) is 0 Å². The SMILES string of the molecule is COc1cc(/C=C(\C#N)C(=O)NC(C)C)c(Br)c(Br)c1O. The summed E-state index contributed by atoms with van der Waals surface area (Å²) < 4.78 is 5.95. The zero-order chi connectivity index (χ0) is 16.2. The lowest BCUT2D eigenvalue weighted by Crippen LogP contribution is -2.30. The van der Waals surface area contributed by atoms with E-state index in [1.54, 1.807) is 0 Å². The molecule has 21 heavy (non-hydrogen) atoms. The first-order valence-corrected chi connectivity index (χ1v) is 7.58. The van der Waals surface area contributed by atoms with Crippen LogP contribution in [0, 0.1) is 11.3 Å². The largest absolute Gasteiger partial charge is 0.503 e. The number of nitriles is 1. The van der Waals surface area contributed by atoms with E-state index < -0.39 is 5.91 Å². The topological polar surface area (TPSA) is 82.3 Å². The maximum Gasteiger partial charge on any atom is 0.262 e. The quantitative estimate of drug-likeness (QED) is 0.581. The summed E-state index contributed by atoms with van der Waals surface area (Å²) in [5.41, 5.74) is 0.496. The molecule has 1 aromatic carbocycles. The highest BCUT2D eigenvalue weighted by Gasteiger charge is 2.16. The number of methoxy groups -OCH3 is 1. The average Bonchev–Trinajstić information content (AvgIpc) is 2.43. The number of ether oxygens (including phenoxy) is 1. The minimum absolute atomic E-state index is 0.0379. The van der Waals surface area contributed by atoms with E-state index in [2.05, 4.69) is 37.2 Å². The standard InChI is InChI=1S/C14H14Br2N2O3/c1-7(2)18-14(20)9(6-17)4-8-5-10(21-3)13(19)12(16)11(8)15/h4-5,7,19H,1-3H3,(H,18,20)/b9-4+. The maximum absolute atomic E-state index is 11.9. The summed E-state index contributed by atoms with van der Waals surface area (Å²) in [7, 11) is 1.42. The number of carbonyl (C=O) groups is 1. The first kappa shape index (κ1) is 17.5. The molecule has 0 saturated carbocycles. The van der Waals surface area contributed by atoms with Gasteiger partial charge in [-0.2, -0.15) is 5.26 Å². The number of benzene rings is 1. The van der Waals surface area contributed by atoms with Crippen molar-refractivity contribution in [2.45, 2.75) is 19.9 Å². The zero-order valence-corrected chi connectivity index (χ0v) is 14.9. The van der Waals surface area contributed by atoms with Crippen LogP contribution in [-0.4, -0.2) is 24.2 Å². The molecule has 0 unspecified atom stereocenters. The minimum atomic E-state index is -0.456. The van der Waals surface area contributed by atoms with Crippen LogP contribution in [0.1, 0.15) is 19.4 Å². The molecular weight excluding hydrogens is 404 g/mol. The first-order valence-electron chi connectivity index (χ1n) is 5.99. The summed E-state index contributed by atoms with van der Waals surface area (Å²) >= 11 is 6.53. The average molecular weight is 418 g/mol. The number of rotatable bonds is 4. The fourth-order valence-electron chi connectivity index (χ4n) is 1.52. The van der Waals surface area contributed by atoms with E-state index in [9.17, 15) is 9.90 Å². The summed E-state index contributed by atoms with van der Waals surface area (Å²) in [6.45, 7) is 3.62. The van der Waals surface area contributed by atoms with E-state index in [4.69, 9.17) is 10.00 Å². The third kappa shape index (κ3) is 4.22. The molecule has 0 aliphatic carbocycles. The van der Waals surface area contributed by atoms with Gasteiger partial charge in [0.1, 0.15) is 11.6 Å². The first-order chi connectivity index (χ1) is 9.81. The maximum atomic E-state index is 11.9. The highest BCUT2D eigenvalue weighted by atomic mass is 79.9. The summed E-state index contributed by atoms with van der Waals surface area (Å²) in [5, 5.41) is 21.6. The number of hydrogen-bond donors (Lipinski definition) is 2. The van der Waals surface area contributed by atoms with Crippen molar-refractivity contribution < 1.29 is 14.6 Å². The van der Waals surface area contributed by atoms with Gasteiger partial charge in [0, 0.05) is 10.5 Å². The predicted octanol–water partition coefficient (Wildman–Crippen LogP) is 3.36. The summed E-state index contributed by atoms with van der Waals surface area (Å²) in [5.74, 6) is -0.285. The number of halogens is 2. The highest BCUT2D eigenvalue weighted by molar-refractivity contribution is 9.13. The molecule has 0 aromatic heterocycles. The normalized spacial score (nSPS) is 11.2. The molecule has 0 bridgehead atoms. The van der Waals surface area contributed by atoms with Crippen molar-refractivity contribution in [3.8, 4) is 17.6 Å². The van der Waals surface area contributed by atoms with Crippen LogP contribution in [0.3, 0.4) is 0 Å². The van der Waals surface area contributed by atoms with Crippen LogP contribution in [-0.2, 0) is 4.79 Å². The lowest BCUT2D eigenvalue weighted by Gasteiger charge is -2.11. The molecule has 112 valence electrons. The third-order valence-corrected chi connectivity index (χ3v) is 4.64. The third-order valence-electron chi connectivity index (χ3n) is 2.48. The Balaban J connectivity index is 3.33. The molecule has 0 heterocycles. The molecule has 1 aromatic rings. The van der Waals surface area contributed by atoms with Crippen LogP contribution in [0.5, 0.6) is 11.5 Å². The molecule has 7 heteroatoms. The number of nitrogens with one attached hydrogen (secondary N) is 1. The van der Waals surface area contributed by atoms with E-state index >= 15 is 0 Å². The second-order valence-corrected chi connectivity index (χ2v) is 6.03. The predicted molar refractivity (Wildman–Crippen MR) is 86.9 cm³/mol. The Morgan fingerprint density at radius 2 is 2.10 bits per heavy atom. The molecule has 1 amide bonds. The molecule has 2 N–H and O–H groups in total. The highest BCUT2D eigenvalue weighted by Crippen LogP contribution is 2.42. The van der Waals surface area contributed by atoms with Crippen LogP contribution in [0.4, 0.5) is 0 Å². The van der Waals surface area contributed by atoms with Crippen molar-refractivity contribution in [2.75, 3.05) is 7.11 Å². The number of aromatic hydroxyl groups is 1. The van der Waals surface area contributed by atoms with E-state index in [-0.39, 0.29) is 23.1 Å². The zero-order valence-electron chi connectivity index (χ0n) is 11.7. The summed E-state index contributed by atoms with van der Waals surface area (Å²) in [4.78, 5) is 11.9. The van der Waals surface area contributed by atoms with Gasteiger partial charge in [0.2, 0.25) is 0 Å². The lowest BCUT2D eigenvalue weighted by atomic mass is 10.1. The molecule has 0 atom stereocenters. The molecule has 0 radical (unpaired) electrons. The van der Waals surface area contributed by atoms with Crippen molar-refractivity contribution in [2.24, 2.45) is 0 Å². The second kappa shape index (κ2) is 7.48. The van der Waals surface area contributed by atoms with Gasteiger partial charge in [-0.1, -0.05) is 0 Å². The number of phenolic OH excluding ortho intramolecular Hbond substituents is 1. The monoisotopic (exact) mass is 416 g/mol. The fourth-order valence-corrected chi connectivity index (χ4v) is 2.36. The van der Waals surface area contributed by atoms with Crippen LogP contribution in [0.2, 0.25) is 0 Å². The van der Waals surface area contributed by atoms with Gasteiger partial charge < -0.3 is 15.2 Å². The Bertz CT molecular complexity index is 634. The molecule has 0 aliphatic rings. The van der Waals surface area contributed by atoms with Crippen LogP contribution in [0.15, 0.2) is 20.6 Å². The summed E-state index contributed by atoms with van der Waals surface area (Å²) in [6.07, 6.45) is 1.43. The molecule has 0 fully saturated rings. The van der Waals surface area contributed by atoms with Gasteiger partial charge in [-0.25, -0.2) is 0 Å². The van der Waals surface area contributed by atoms with Crippen molar-refractivity contribution in [3.05, 3.63) is 26.1 Å². The Labute approximate surface area is 139 Å². The van der Waals surface area contributed by atoms with Crippen molar-refractivity contribution in [1.29, 1.82) is 5.26 Å². The van der Waals surface area contributed by atoms with Crippen molar-refractivity contribution in [3.63, 3.8) is 0 Å². The van der Waals surface area contributed by atoms with E-state index in [0.29, 0.717) is 14.5 Å². The summed E-state index contributed by atoms with van der Waals surface area (Å²) in [6, 6.07) is 3.33. The molecule has 5 nitrogen and oxygen atoms in total. The molecule has 0 spiro atoms. The van der Waals surface area contributed by atoms with Gasteiger partial charge in [0.05, 0.1) is 11.6 Å². The van der Waals surface area contributed by atoms with Gasteiger partial charge >= 0.3 is 0 Å². The lowest BCUT2D eigenvalue weighted by molar-refractivity contribution is -0.117. The van der Waals surface area contributed by atoms with Crippen LogP contribution < -0.4 is 10.1 Å². The van der Waals surface area contributed by atoms with Crippen LogP contribution in [0.25, 0.3) is 6.08 Å². The Morgan fingerprint density at radius 1 is 1.48 bits per heavy atom. The fraction of sp³-hybridized carbons (Fsp3) is 0.286. The Hall–Kier alpha value is -1.52. The van der Waals surface area contributed by atoms with E-state index in [0.717, 1.165) is 0 Å². The Kier molecular flexibility index (Phi) is 6.24. The Morgan fingerprint density at radius 3 is 2.57 bits per heavy atom. The van der Waals surface area contributed by atoms with Crippen molar-refractivity contribution >= 4 is 43.8 Å². The minimum Gasteiger partial charge on any atom is -0.503 e. The number of hydrogen-bond acceptors (Lipinski definition) is 4. The number of phenols is 1. The van der Waals surface area contributed by atoms with Crippen molar-refractivity contribution in [1.82, 2.24) is 5.32 Å². The van der Waals surface area contributed by atoms with Gasteiger partial charge in [-0.05, 0) is 63.4 Å².